The lowest BCUT2D eigenvalue weighted by Crippen LogP contribution is -2.31. The van der Waals surface area contributed by atoms with E-state index in [1.807, 2.05) is 12.1 Å². The SMILES string of the molecule is Cc1cc(C)c(C)c(-c2c3cc(C(C)C)cc(-c4ccc(F)cc4)c3cc[n+]2C)c1. The van der Waals surface area contributed by atoms with Crippen LogP contribution in [0.5, 0.6) is 0 Å². The molecule has 4 rings (SSSR count). The van der Waals surface area contributed by atoms with Gasteiger partial charge >= 0.3 is 0 Å². The molecule has 0 radical (unpaired) electrons. The van der Waals surface area contributed by atoms with Crippen molar-refractivity contribution in [3.63, 3.8) is 0 Å². The van der Waals surface area contributed by atoms with Gasteiger partial charge in [-0.3, -0.25) is 0 Å². The van der Waals surface area contributed by atoms with Gasteiger partial charge in [-0.1, -0.05) is 43.7 Å². The Labute approximate surface area is 178 Å². The molecule has 0 spiro atoms. The molecule has 0 aliphatic rings. The zero-order valence-electron chi connectivity index (χ0n) is 18.7. The number of aryl methyl sites for hydroxylation is 3. The number of rotatable bonds is 3. The Bertz CT molecular complexity index is 1250. The summed E-state index contributed by atoms with van der Waals surface area (Å²) < 4.78 is 15.8. The van der Waals surface area contributed by atoms with Crippen molar-refractivity contribution in [2.45, 2.75) is 40.5 Å². The van der Waals surface area contributed by atoms with Crippen LogP contribution in [0.2, 0.25) is 0 Å². The molecular formula is C28H29FN+. The van der Waals surface area contributed by atoms with Crippen LogP contribution < -0.4 is 4.57 Å². The average molecular weight is 399 g/mol. The monoisotopic (exact) mass is 398 g/mol. The third kappa shape index (κ3) is 3.52. The first kappa shape index (κ1) is 20.3. The van der Waals surface area contributed by atoms with Gasteiger partial charge in [0.25, 0.3) is 0 Å². The van der Waals surface area contributed by atoms with Crippen LogP contribution in [-0.4, -0.2) is 0 Å². The fourth-order valence-corrected chi connectivity index (χ4v) is 4.32. The maximum absolute atomic E-state index is 13.6. The number of nitrogens with zero attached hydrogens (tertiary/aromatic N) is 1. The van der Waals surface area contributed by atoms with E-state index in [0.717, 1.165) is 11.1 Å². The molecule has 1 heterocycles. The number of aromatic nitrogens is 1. The first-order valence-electron chi connectivity index (χ1n) is 10.6. The Kier molecular flexibility index (Phi) is 5.19. The van der Waals surface area contributed by atoms with Crippen molar-refractivity contribution < 1.29 is 8.96 Å². The molecule has 0 amide bonds. The maximum atomic E-state index is 13.6. The second kappa shape index (κ2) is 7.68. The molecule has 0 N–H and O–H groups in total. The van der Waals surface area contributed by atoms with E-state index >= 15 is 0 Å². The molecule has 30 heavy (non-hydrogen) atoms. The summed E-state index contributed by atoms with van der Waals surface area (Å²) in [6.07, 6.45) is 2.14. The number of halogens is 1. The number of hydrogen-bond acceptors (Lipinski definition) is 0. The van der Waals surface area contributed by atoms with Crippen LogP contribution in [0.4, 0.5) is 4.39 Å². The zero-order chi connectivity index (χ0) is 21.6. The van der Waals surface area contributed by atoms with E-state index in [9.17, 15) is 4.39 Å². The van der Waals surface area contributed by atoms with Crippen molar-refractivity contribution in [1.29, 1.82) is 0 Å². The largest absolute Gasteiger partial charge is 0.220 e. The second-order valence-corrected chi connectivity index (χ2v) is 8.72. The summed E-state index contributed by atoms with van der Waals surface area (Å²) in [6, 6.07) is 18.1. The Morgan fingerprint density at radius 3 is 2.17 bits per heavy atom. The molecule has 0 fully saturated rings. The highest BCUT2D eigenvalue weighted by atomic mass is 19.1. The highest BCUT2D eigenvalue weighted by Gasteiger charge is 2.21. The molecule has 0 atom stereocenters. The minimum absolute atomic E-state index is 0.207. The first-order chi connectivity index (χ1) is 14.3. The third-order valence-corrected chi connectivity index (χ3v) is 6.16. The summed E-state index contributed by atoms with van der Waals surface area (Å²) in [4.78, 5) is 0. The Balaban J connectivity index is 2.13. The van der Waals surface area contributed by atoms with Gasteiger partial charge in [0.1, 0.15) is 12.9 Å². The van der Waals surface area contributed by atoms with Crippen molar-refractivity contribution >= 4 is 10.8 Å². The molecule has 3 aromatic carbocycles. The Hall–Kier alpha value is -3.00. The van der Waals surface area contributed by atoms with Gasteiger partial charge in [-0.2, -0.15) is 0 Å². The summed E-state index contributed by atoms with van der Waals surface area (Å²) in [5.74, 6) is 0.188. The molecule has 1 nitrogen and oxygen atoms in total. The van der Waals surface area contributed by atoms with Crippen LogP contribution in [0.25, 0.3) is 33.2 Å². The van der Waals surface area contributed by atoms with E-state index in [0.29, 0.717) is 5.92 Å². The van der Waals surface area contributed by atoms with Crippen LogP contribution >= 0.6 is 0 Å². The molecule has 0 saturated heterocycles. The van der Waals surface area contributed by atoms with E-state index in [4.69, 9.17) is 0 Å². The quantitative estimate of drug-likeness (QED) is 0.322. The van der Waals surface area contributed by atoms with Gasteiger partial charge in [0, 0.05) is 11.5 Å². The zero-order valence-corrected chi connectivity index (χ0v) is 18.7. The van der Waals surface area contributed by atoms with E-state index in [1.165, 1.54) is 44.3 Å². The van der Waals surface area contributed by atoms with Crippen LogP contribution in [0, 0.1) is 26.6 Å². The minimum Gasteiger partial charge on any atom is -0.207 e. The lowest BCUT2D eigenvalue weighted by atomic mass is 9.88. The Morgan fingerprint density at radius 2 is 1.50 bits per heavy atom. The lowest BCUT2D eigenvalue weighted by Gasteiger charge is -2.16. The van der Waals surface area contributed by atoms with Crippen LogP contribution in [0.15, 0.2) is 60.8 Å². The van der Waals surface area contributed by atoms with Gasteiger partial charge in [-0.05, 0) is 78.8 Å². The number of benzene rings is 3. The van der Waals surface area contributed by atoms with Crippen molar-refractivity contribution in [2.75, 3.05) is 0 Å². The van der Waals surface area contributed by atoms with E-state index < -0.39 is 0 Å². The van der Waals surface area contributed by atoms with Gasteiger partial charge < -0.3 is 0 Å². The Morgan fingerprint density at radius 1 is 0.800 bits per heavy atom. The van der Waals surface area contributed by atoms with Gasteiger partial charge in [0.15, 0.2) is 6.20 Å². The van der Waals surface area contributed by atoms with Crippen molar-refractivity contribution in [3.8, 4) is 22.4 Å². The summed E-state index contributed by atoms with van der Waals surface area (Å²) in [7, 11) is 2.12. The predicted octanol–water partition coefficient (Wildman–Crippen LogP) is 7.19. The number of fused-ring (bicyclic) bond motifs is 1. The van der Waals surface area contributed by atoms with Gasteiger partial charge in [0.2, 0.25) is 5.69 Å². The van der Waals surface area contributed by atoms with Crippen molar-refractivity contribution in [1.82, 2.24) is 0 Å². The minimum atomic E-state index is -0.207. The molecule has 2 heteroatoms. The van der Waals surface area contributed by atoms with Gasteiger partial charge in [0.05, 0.1) is 10.9 Å². The highest BCUT2D eigenvalue weighted by molar-refractivity contribution is 6.03. The second-order valence-electron chi connectivity index (χ2n) is 8.72. The fourth-order valence-electron chi connectivity index (χ4n) is 4.32. The maximum Gasteiger partial charge on any atom is 0.220 e. The third-order valence-electron chi connectivity index (χ3n) is 6.16. The molecule has 0 bridgehead atoms. The summed E-state index contributed by atoms with van der Waals surface area (Å²) >= 11 is 0. The average Bonchev–Trinajstić information content (AvgIpc) is 2.70. The van der Waals surface area contributed by atoms with E-state index in [-0.39, 0.29) is 5.82 Å². The summed E-state index contributed by atoms with van der Waals surface area (Å²) in [5, 5.41) is 2.43. The van der Waals surface area contributed by atoms with Crippen LogP contribution in [0.3, 0.4) is 0 Å². The van der Waals surface area contributed by atoms with E-state index in [2.05, 4.69) is 82.8 Å². The van der Waals surface area contributed by atoms with Crippen molar-refractivity contribution in [3.05, 3.63) is 88.9 Å². The molecule has 0 saturated carbocycles. The summed E-state index contributed by atoms with van der Waals surface area (Å²) in [5.41, 5.74) is 9.86. The normalized spacial score (nSPS) is 11.5. The molecule has 152 valence electrons. The molecule has 0 aliphatic carbocycles. The highest BCUT2D eigenvalue weighted by Crippen LogP contribution is 2.37. The number of pyridine rings is 1. The van der Waals surface area contributed by atoms with Crippen LogP contribution in [0.1, 0.15) is 42.0 Å². The molecular weight excluding hydrogens is 369 g/mol. The van der Waals surface area contributed by atoms with Gasteiger partial charge in [-0.15, -0.1) is 0 Å². The summed E-state index contributed by atoms with van der Waals surface area (Å²) in [6.45, 7) is 11.0. The first-order valence-corrected chi connectivity index (χ1v) is 10.6. The number of hydrogen-bond donors (Lipinski definition) is 0. The lowest BCUT2D eigenvalue weighted by molar-refractivity contribution is -0.659. The molecule has 0 unspecified atom stereocenters. The standard InChI is InChI=1S/C28H29FN/c1-17(2)22-15-26(21-7-9-23(29)10-8-21)24-11-12-30(6)28(27(24)16-22)25-14-18(3)13-19(4)20(25)5/h7-17H,1-6H3/q+1. The van der Waals surface area contributed by atoms with Gasteiger partial charge in [-0.25, -0.2) is 8.96 Å². The smallest absolute Gasteiger partial charge is 0.207 e. The van der Waals surface area contributed by atoms with Crippen molar-refractivity contribution in [2.24, 2.45) is 7.05 Å². The van der Waals surface area contributed by atoms with E-state index in [1.54, 1.807) is 12.1 Å². The molecule has 1 aromatic heterocycles. The topological polar surface area (TPSA) is 3.88 Å². The van der Waals surface area contributed by atoms with Crippen LogP contribution in [-0.2, 0) is 7.05 Å². The molecule has 4 aromatic rings. The molecule has 0 aliphatic heterocycles. The fraction of sp³-hybridized carbons (Fsp3) is 0.250. The predicted molar refractivity (Wildman–Crippen MR) is 124 cm³/mol.